The van der Waals surface area contributed by atoms with Crippen molar-refractivity contribution in [1.29, 1.82) is 0 Å². The first kappa shape index (κ1) is 55.2. The molecule has 0 aliphatic carbocycles. The van der Waals surface area contributed by atoms with Crippen molar-refractivity contribution in [3.63, 3.8) is 0 Å². The minimum atomic E-state index is -3.59. The molecule has 8 aromatic rings. The number of aliphatic hydroxyl groups is 1. The van der Waals surface area contributed by atoms with Crippen LogP contribution in [-0.2, 0) is 22.7 Å². The quantitative estimate of drug-likeness (QED) is 0.0526. The summed E-state index contributed by atoms with van der Waals surface area (Å²) in [6, 6.07) is 40.6. The van der Waals surface area contributed by atoms with Crippen LogP contribution in [0, 0.1) is 23.7 Å². The van der Waals surface area contributed by atoms with Gasteiger partial charge in [0.15, 0.2) is 0 Å². The minimum Gasteiger partial charge on any atom is -0.396 e. The normalized spacial score (nSPS) is 12.6. The number of aromatic nitrogens is 14. The molecule has 0 spiro atoms. The lowest BCUT2D eigenvalue weighted by Crippen LogP contribution is -2.19. The van der Waals surface area contributed by atoms with E-state index in [0.29, 0.717) is 17.5 Å². The lowest BCUT2D eigenvalue weighted by molar-refractivity contribution is 0.262. The fourth-order valence-electron chi connectivity index (χ4n) is 6.17. The molecule has 0 fully saturated rings. The van der Waals surface area contributed by atoms with E-state index in [-0.39, 0.29) is 29.4 Å². The smallest absolute Gasteiger partial charge is 0.272 e. The van der Waals surface area contributed by atoms with Crippen LogP contribution >= 0.6 is 23.5 Å². The van der Waals surface area contributed by atoms with Crippen LogP contribution in [0.2, 0.25) is 0 Å². The van der Waals surface area contributed by atoms with Gasteiger partial charge in [0.1, 0.15) is 0 Å². The summed E-state index contributed by atoms with van der Waals surface area (Å²) >= 11 is 3.34. The molecule has 0 saturated carbocycles. The summed E-state index contributed by atoms with van der Waals surface area (Å²) in [5.74, 6) is 3.14. The van der Waals surface area contributed by atoms with Crippen molar-refractivity contribution in [2.75, 3.05) is 23.9 Å². The van der Waals surface area contributed by atoms with Gasteiger partial charge < -0.3 is 5.11 Å². The number of aryl methyl sites for hydroxylation is 2. The molecule has 372 valence electrons. The number of hydrogen-bond acceptors (Lipinski definition) is 16. The van der Waals surface area contributed by atoms with Crippen molar-refractivity contribution in [3.8, 4) is 17.1 Å². The van der Waals surface area contributed by atoms with E-state index in [4.69, 9.17) is 5.11 Å². The van der Waals surface area contributed by atoms with Crippen LogP contribution in [0.1, 0.15) is 51.9 Å². The van der Waals surface area contributed by atoms with Crippen molar-refractivity contribution >= 4 is 33.4 Å². The number of thioether (sulfide) groups is 2. The van der Waals surface area contributed by atoms with E-state index >= 15 is 0 Å². The molecular formula is C51H62N14O3S3. The van der Waals surface area contributed by atoms with E-state index < -0.39 is 9.84 Å². The summed E-state index contributed by atoms with van der Waals surface area (Å²) in [6.45, 7) is 15.7. The largest absolute Gasteiger partial charge is 0.396 e. The first-order valence-corrected chi connectivity index (χ1v) is 26.8. The van der Waals surface area contributed by atoms with Crippen LogP contribution in [0.5, 0.6) is 0 Å². The Morgan fingerprint density at radius 3 is 1.41 bits per heavy atom. The zero-order valence-electron chi connectivity index (χ0n) is 40.6. The fraction of sp³-hybridized carbons (Fsp3) is 0.314. The van der Waals surface area contributed by atoms with Crippen molar-refractivity contribution in [2.24, 2.45) is 23.7 Å². The standard InChI is InChI=1S/C17H19N5O2S.C17H19N5S.C12H14N4S.C5H10O/c1-14(10-11-15-7-5-6-12-18-15)13-25(23,24)17-19-20-21-22(17)16-8-3-2-4-9-16;1-14(10-11-15-7-5-6-12-18-15)13-23-17-19-20-21-22(17)16-8-3-2-4-9-16;1-3-10(2)9-17-12-13-14-15-16(12)11-7-5-4-6-8-11;1-3-5(2)4-6/h2-9,12,14H,10-11,13H2,1H3;2-9,12,14H,10-11,13H2,1H3;3-8,10H,1,9H2,2H3;3,5-6H,1,4H2,2H3. The average Bonchev–Trinajstić information content (AvgIpc) is 4.23. The van der Waals surface area contributed by atoms with Crippen LogP contribution < -0.4 is 0 Å². The molecule has 4 atom stereocenters. The third-order valence-corrected chi connectivity index (χ3v) is 14.7. The molecule has 17 nitrogen and oxygen atoms in total. The highest BCUT2D eigenvalue weighted by Crippen LogP contribution is 2.24. The van der Waals surface area contributed by atoms with Crippen molar-refractivity contribution in [2.45, 2.75) is 68.8 Å². The van der Waals surface area contributed by atoms with Crippen LogP contribution in [0.4, 0.5) is 0 Å². The van der Waals surface area contributed by atoms with Gasteiger partial charge >= 0.3 is 0 Å². The van der Waals surface area contributed by atoms with Crippen LogP contribution in [-0.4, -0.2) is 108 Å². The van der Waals surface area contributed by atoms with Crippen LogP contribution in [0.3, 0.4) is 0 Å². The van der Waals surface area contributed by atoms with Gasteiger partial charge in [-0.05, 0) is 141 Å². The Morgan fingerprint density at radius 2 is 0.972 bits per heavy atom. The van der Waals surface area contributed by atoms with E-state index in [1.807, 2.05) is 135 Å². The zero-order chi connectivity index (χ0) is 50.7. The molecular weight excluding hydrogens is 953 g/mol. The average molecular weight is 1020 g/mol. The van der Waals surface area contributed by atoms with Crippen molar-refractivity contribution < 1.29 is 13.5 Å². The molecule has 20 heteroatoms. The van der Waals surface area contributed by atoms with Crippen LogP contribution in [0.15, 0.2) is 181 Å². The molecule has 0 aliphatic rings. The van der Waals surface area contributed by atoms with Gasteiger partial charge in [0.25, 0.3) is 5.16 Å². The van der Waals surface area contributed by atoms with E-state index in [1.54, 1.807) is 57.3 Å². The van der Waals surface area contributed by atoms with Crippen LogP contribution in [0.25, 0.3) is 17.1 Å². The number of tetrazole rings is 3. The Bertz CT molecular complexity index is 2820. The first-order valence-electron chi connectivity index (χ1n) is 23.2. The highest BCUT2D eigenvalue weighted by atomic mass is 32.2. The maximum absolute atomic E-state index is 12.7. The molecule has 3 aromatic carbocycles. The Labute approximate surface area is 425 Å². The number of nitrogens with zero attached hydrogens (tertiary/aromatic N) is 14. The fourth-order valence-corrected chi connectivity index (χ4v) is 9.66. The molecule has 0 bridgehead atoms. The zero-order valence-corrected chi connectivity index (χ0v) is 43.0. The van der Waals surface area contributed by atoms with E-state index in [1.165, 1.54) is 4.68 Å². The summed E-state index contributed by atoms with van der Waals surface area (Å²) in [5.41, 5.74) is 4.69. The molecule has 0 amide bonds. The number of allylic oxidation sites excluding steroid dienone is 1. The number of pyridine rings is 2. The predicted octanol–water partition coefficient (Wildman–Crippen LogP) is 8.90. The summed E-state index contributed by atoms with van der Waals surface area (Å²) in [6.07, 6.45) is 10.8. The second kappa shape index (κ2) is 30.1. The first-order chi connectivity index (χ1) is 34.5. The maximum atomic E-state index is 12.7. The van der Waals surface area contributed by atoms with Crippen molar-refractivity contribution in [1.82, 2.24) is 70.6 Å². The van der Waals surface area contributed by atoms with E-state index in [2.05, 4.69) is 89.6 Å². The highest BCUT2D eigenvalue weighted by molar-refractivity contribution is 7.99. The van der Waals surface area contributed by atoms with Gasteiger partial charge in [-0.25, -0.2) is 8.42 Å². The molecule has 0 aliphatic heterocycles. The maximum Gasteiger partial charge on any atom is 0.272 e. The molecule has 8 rings (SSSR count). The number of aliphatic hydroxyl groups excluding tert-OH is 1. The highest BCUT2D eigenvalue weighted by Gasteiger charge is 2.26. The Balaban J connectivity index is 0.000000190. The summed E-state index contributed by atoms with van der Waals surface area (Å²) < 4.78 is 30.3. The molecule has 71 heavy (non-hydrogen) atoms. The Kier molecular flexibility index (Phi) is 23.4. The second-order valence-electron chi connectivity index (χ2n) is 16.6. The lowest BCUT2D eigenvalue weighted by atomic mass is 10.1. The van der Waals surface area contributed by atoms with Gasteiger partial charge in [0.2, 0.25) is 20.2 Å². The number of benzene rings is 3. The Morgan fingerprint density at radius 1 is 0.549 bits per heavy atom. The van der Waals surface area contributed by atoms with Gasteiger partial charge in [-0.2, -0.15) is 14.0 Å². The van der Waals surface area contributed by atoms with E-state index in [0.717, 1.165) is 70.3 Å². The van der Waals surface area contributed by atoms with Crippen molar-refractivity contribution in [3.05, 3.63) is 176 Å². The lowest BCUT2D eigenvalue weighted by Gasteiger charge is -2.11. The number of rotatable bonds is 21. The Hall–Kier alpha value is -6.74. The molecule has 4 unspecified atom stereocenters. The second-order valence-corrected chi connectivity index (χ2v) is 20.5. The monoisotopic (exact) mass is 1010 g/mol. The number of para-hydroxylation sites is 3. The van der Waals surface area contributed by atoms with E-state index in [9.17, 15) is 8.42 Å². The molecule has 5 aromatic heterocycles. The predicted molar refractivity (Wildman–Crippen MR) is 280 cm³/mol. The van der Waals surface area contributed by atoms with Gasteiger partial charge in [-0.1, -0.05) is 135 Å². The molecule has 0 radical (unpaired) electrons. The third kappa shape index (κ3) is 18.8. The molecule has 5 heterocycles. The van der Waals surface area contributed by atoms with Gasteiger partial charge in [-0.15, -0.1) is 23.4 Å². The van der Waals surface area contributed by atoms with Gasteiger partial charge in [0, 0.05) is 41.9 Å². The molecule has 0 saturated heterocycles. The minimum absolute atomic E-state index is 0.00690. The van der Waals surface area contributed by atoms with Gasteiger partial charge in [0.05, 0.1) is 22.8 Å². The number of hydrogen-bond donors (Lipinski definition) is 1. The summed E-state index contributed by atoms with van der Waals surface area (Å²) in [5, 5.41) is 44.6. The third-order valence-electron chi connectivity index (χ3n) is 10.4. The summed E-state index contributed by atoms with van der Waals surface area (Å²) in [4.78, 5) is 8.64. The topological polar surface area (TPSA) is 211 Å². The van der Waals surface area contributed by atoms with Gasteiger partial charge in [-0.3, -0.25) is 9.97 Å². The molecule has 1 N–H and O–H groups in total. The number of sulfone groups is 1. The SMILES string of the molecule is C=CC(C)CO.C=CC(C)CSc1nnnn1-c1ccccc1.CC(CCc1ccccn1)CS(=O)(=O)c1nnnn1-c1ccccc1.CC(CCc1ccccn1)CSc1nnnn1-c1ccccc1. The summed E-state index contributed by atoms with van der Waals surface area (Å²) in [7, 11) is -3.59.